The first kappa shape index (κ1) is 13.8. The van der Waals surface area contributed by atoms with Gasteiger partial charge in [-0.3, -0.25) is 0 Å². The van der Waals surface area contributed by atoms with Crippen molar-refractivity contribution >= 4 is 5.97 Å². The lowest BCUT2D eigenvalue weighted by Gasteiger charge is -1.99. The van der Waals surface area contributed by atoms with Crippen LogP contribution in [0, 0.1) is 0 Å². The maximum atomic E-state index is 11.4. The second-order valence-electron chi connectivity index (χ2n) is 4.54. The van der Waals surface area contributed by atoms with Crippen molar-refractivity contribution in [2.75, 3.05) is 7.11 Å². The average Bonchev–Trinajstić information content (AvgIpc) is 3.04. The summed E-state index contributed by atoms with van der Waals surface area (Å²) in [4.78, 5) is 15.7. The van der Waals surface area contributed by atoms with E-state index in [2.05, 4.69) is 14.9 Å². The van der Waals surface area contributed by atoms with Crippen molar-refractivity contribution in [2.24, 2.45) is 0 Å². The minimum absolute atomic E-state index is 0.125. The minimum atomic E-state index is -0.403. The molecule has 22 heavy (non-hydrogen) atoms. The molecule has 6 heteroatoms. The third-order valence-electron chi connectivity index (χ3n) is 3.08. The number of carbonyl (C=O) groups is 1. The van der Waals surface area contributed by atoms with Crippen molar-refractivity contribution in [1.29, 1.82) is 0 Å². The Morgan fingerprint density at radius 2 is 1.91 bits per heavy atom. The first-order valence-corrected chi connectivity index (χ1v) is 6.49. The Morgan fingerprint density at radius 3 is 2.59 bits per heavy atom. The smallest absolute Gasteiger partial charge is 0.337 e. The van der Waals surface area contributed by atoms with E-state index < -0.39 is 5.97 Å². The first-order valence-electron chi connectivity index (χ1n) is 6.49. The number of ether oxygens (including phenoxy) is 1. The van der Waals surface area contributed by atoms with Gasteiger partial charge in [-0.25, -0.2) is 4.79 Å². The molecule has 1 N–H and O–H groups in total. The third-order valence-corrected chi connectivity index (χ3v) is 3.08. The molecule has 0 aliphatic rings. The summed E-state index contributed by atoms with van der Waals surface area (Å²) in [5.41, 5.74) is 1.79. The van der Waals surface area contributed by atoms with Gasteiger partial charge >= 0.3 is 5.97 Å². The van der Waals surface area contributed by atoms with Crippen molar-refractivity contribution in [3.05, 3.63) is 54.1 Å². The van der Waals surface area contributed by atoms with Gasteiger partial charge in [0.2, 0.25) is 5.82 Å². The molecule has 0 aliphatic heterocycles. The summed E-state index contributed by atoms with van der Waals surface area (Å²) in [5.74, 6) is 0.428. The number of aromatic hydroxyl groups is 1. The highest BCUT2D eigenvalue weighted by Crippen LogP contribution is 2.24. The molecule has 0 bridgehead atoms. The molecule has 0 aliphatic carbocycles. The number of rotatable bonds is 3. The quantitative estimate of drug-likeness (QED) is 0.748. The molecule has 0 spiro atoms. The van der Waals surface area contributed by atoms with Gasteiger partial charge < -0.3 is 14.4 Å². The summed E-state index contributed by atoms with van der Waals surface area (Å²) >= 11 is 0. The molecule has 0 amide bonds. The van der Waals surface area contributed by atoms with Crippen molar-refractivity contribution < 1.29 is 19.2 Å². The summed E-state index contributed by atoms with van der Waals surface area (Å²) in [6.45, 7) is 0. The van der Waals surface area contributed by atoms with E-state index >= 15 is 0 Å². The zero-order valence-corrected chi connectivity index (χ0v) is 11.7. The molecular weight excluding hydrogens is 284 g/mol. The van der Waals surface area contributed by atoms with Crippen LogP contribution in [0.5, 0.6) is 5.75 Å². The fourth-order valence-electron chi connectivity index (χ4n) is 1.97. The van der Waals surface area contributed by atoms with Gasteiger partial charge in [0.15, 0.2) is 0 Å². The molecule has 3 rings (SSSR count). The van der Waals surface area contributed by atoms with E-state index in [1.807, 2.05) is 0 Å². The molecule has 0 saturated carbocycles. The lowest BCUT2D eigenvalue weighted by atomic mass is 10.1. The minimum Gasteiger partial charge on any atom is -0.508 e. The van der Waals surface area contributed by atoms with Crippen LogP contribution in [0.15, 0.2) is 53.1 Å². The van der Waals surface area contributed by atoms with Gasteiger partial charge in [-0.2, -0.15) is 4.98 Å². The second kappa shape index (κ2) is 5.69. The van der Waals surface area contributed by atoms with E-state index in [1.54, 1.807) is 42.5 Å². The molecule has 0 fully saturated rings. The summed E-state index contributed by atoms with van der Waals surface area (Å²) in [6, 6.07) is 13.2. The maximum absolute atomic E-state index is 11.4. The maximum Gasteiger partial charge on any atom is 0.337 e. The highest BCUT2D eigenvalue weighted by atomic mass is 16.5. The van der Waals surface area contributed by atoms with Crippen LogP contribution in [-0.2, 0) is 4.74 Å². The number of aromatic nitrogens is 2. The number of methoxy groups -OCH3 is 1. The standard InChI is InChI=1S/C16H12N2O4/c1-21-16(20)11-7-5-10(6-8-11)14-17-15(22-18-14)12-3-2-4-13(19)9-12/h2-9,19H,1H3. The topological polar surface area (TPSA) is 85.5 Å². The van der Waals surface area contributed by atoms with Gasteiger partial charge in [0, 0.05) is 11.1 Å². The molecule has 0 radical (unpaired) electrons. The molecule has 0 saturated heterocycles. The largest absolute Gasteiger partial charge is 0.508 e. The number of esters is 1. The van der Waals surface area contributed by atoms with Crippen molar-refractivity contribution in [2.45, 2.75) is 0 Å². The number of nitrogens with zero attached hydrogens (tertiary/aromatic N) is 2. The number of phenols is 1. The van der Waals surface area contributed by atoms with Crippen LogP contribution in [0.3, 0.4) is 0 Å². The number of benzene rings is 2. The highest BCUT2D eigenvalue weighted by molar-refractivity contribution is 5.89. The summed E-state index contributed by atoms with van der Waals surface area (Å²) < 4.78 is 9.84. The lowest BCUT2D eigenvalue weighted by molar-refractivity contribution is 0.0601. The third kappa shape index (κ3) is 2.67. The Labute approximate surface area is 126 Å². The zero-order valence-electron chi connectivity index (χ0n) is 11.7. The van der Waals surface area contributed by atoms with E-state index in [0.29, 0.717) is 28.4 Å². The SMILES string of the molecule is COC(=O)c1ccc(-c2noc(-c3cccc(O)c3)n2)cc1. The van der Waals surface area contributed by atoms with Gasteiger partial charge in [0.05, 0.1) is 12.7 Å². The number of carbonyl (C=O) groups excluding carboxylic acids is 1. The average molecular weight is 296 g/mol. The Kier molecular flexibility index (Phi) is 3.57. The fourth-order valence-corrected chi connectivity index (χ4v) is 1.97. The van der Waals surface area contributed by atoms with Crippen LogP contribution >= 0.6 is 0 Å². The number of hydrogen-bond donors (Lipinski definition) is 1. The summed E-state index contributed by atoms with van der Waals surface area (Å²) in [6.07, 6.45) is 0. The first-order chi connectivity index (χ1) is 10.7. The van der Waals surface area contributed by atoms with E-state index in [1.165, 1.54) is 13.2 Å². The molecule has 2 aromatic carbocycles. The zero-order chi connectivity index (χ0) is 15.5. The molecule has 0 atom stereocenters. The monoisotopic (exact) mass is 296 g/mol. The molecule has 110 valence electrons. The van der Waals surface area contributed by atoms with Crippen LogP contribution in [0.4, 0.5) is 0 Å². The Hall–Kier alpha value is -3.15. The Morgan fingerprint density at radius 1 is 1.14 bits per heavy atom. The predicted molar refractivity (Wildman–Crippen MR) is 78.2 cm³/mol. The molecule has 3 aromatic rings. The number of phenolic OH excluding ortho intramolecular Hbond substituents is 1. The van der Waals surface area contributed by atoms with E-state index in [4.69, 9.17) is 4.52 Å². The van der Waals surface area contributed by atoms with Gasteiger partial charge in [-0.1, -0.05) is 23.4 Å². The van der Waals surface area contributed by atoms with E-state index in [0.717, 1.165) is 0 Å². The normalized spacial score (nSPS) is 10.4. The Bertz CT molecular complexity index is 809. The van der Waals surface area contributed by atoms with Crippen LogP contribution in [0.25, 0.3) is 22.8 Å². The molecule has 0 unspecified atom stereocenters. The molecule has 6 nitrogen and oxygen atoms in total. The van der Waals surface area contributed by atoms with Crippen molar-refractivity contribution in [1.82, 2.24) is 10.1 Å². The number of hydrogen-bond acceptors (Lipinski definition) is 6. The van der Waals surface area contributed by atoms with Gasteiger partial charge in [-0.05, 0) is 30.3 Å². The Balaban J connectivity index is 1.89. The molecular formula is C16H12N2O4. The van der Waals surface area contributed by atoms with E-state index in [9.17, 15) is 9.90 Å². The fraction of sp³-hybridized carbons (Fsp3) is 0.0625. The van der Waals surface area contributed by atoms with Crippen LogP contribution < -0.4 is 0 Å². The van der Waals surface area contributed by atoms with Crippen LogP contribution in [0.1, 0.15) is 10.4 Å². The summed E-state index contributed by atoms with van der Waals surface area (Å²) in [5, 5.41) is 13.4. The lowest BCUT2D eigenvalue weighted by Crippen LogP contribution is -2.00. The van der Waals surface area contributed by atoms with Gasteiger partial charge in [0.1, 0.15) is 5.75 Å². The summed E-state index contributed by atoms with van der Waals surface area (Å²) in [7, 11) is 1.33. The van der Waals surface area contributed by atoms with Crippen molar-refractivity contribution in [3.8, 4) is 28.6 Å². The van der Waals surface area contributed by atoms with Crippen molar-refractivity contribution in [3.63, 3.8) is 0 Å². The van der Waals surface area contributed by atoms with Gasteiger partial charge in [-0.15, -0.1) is 0 Å². The van der Waals surface area contributed by atoms with E-state index in [-0.39, 0.29) is 5.75 Å². The van der Waals surface area contributed by atoms with Crippen LogP contribution in [0.2, 0.25) is 0 Å². The molecule has 1 aromatic heterocycles. The second-order valence-corrected chi connectivity index (χ2v) is 4.54. The van der Waals surface area contributed by atoms with Gasteiger partial charge in [0.25, 0.3) is 5.89 Å². The predicted octanol–water partition coefficient (Wildman–Crippen LogP) is 2.90. The molecule has 1 heterocycles. The van der Waals surface area contributed by atoms with Crippen LogP contribution in [-0.4, -0.2) is 28.3 Å². The highest BCUT2D eigenvalue weighted by Gasteiger charge is 2.12.